The van der Waals surface area contributed by atoms with Crippen LogP contribution in [0.25, 0.3) is 16.8 Å². The van der Waals surface area contributed by atoms with E-state index >= 15 is 0 Å². The molecule has 3 heterocycles. The van der Waals surface area contributed by atoms with Gasteiger partial charge in [-0.25, -0.2) is 0 Å². The lowest BCUT2D eigenvalue weighted by Gasteiger charge is -2.39. The van der Waals surface area contributed by atoms with Gasteiger partial charge in [-0.15, -0.1) is 10.2 Å². The number of carbonyl (C=O) groups is 2. The van der Waals surface area contributed by atoms with Crippen molar-refractivity contribution in [3.8, 4) is 0 Å². The minimum absolute atomic E-state index is 0.0997. The number of likely N-dealkylation sites (tertiary alicyclic amines) is 1. The molecule has 2 amide bonds. The molecule has 4 aromatic rings. The summed E-state index contributed by atoms with van der Waals surface area (Å²) in [7, 11) is 0. The van der Waals surface area contributed by atoms with Gasteiger partial charge in [0.05, 0.1) is 16.8 Å². The summed E-state index contributed by atoms with van der Waals surface area (Å²) in [5.41, 5.74) is 3.75. The van der Waals surface area contributed by atoms with Crippen LogP contribution in [0.4, 0.5) is 5.69 Å². The zero-order valence-electron chi connectivity index (χ0n) is 20.3. The standard InChI is InChI=1S/C26H30N6O2S/c1-17-11-13-20(14-12-17)27-23(33)16-35-26-29-28-25-30(21-9-4-5-10-22(21)32(25)26)15-24(34)31-18(2)7-6-8-19(31)3/h4-5,9-14,18-19H,6-8,15-16H2,1-3H3,(H,27,33). The summed E-state index contributed by atoms with van der Waals surface area (Å²) in [6.45, 7) is 6.48. The summed E-state index contributed by atoms with van der Waals surface area (Å²) in [4.78, 5) is 27.9. The van der Waals surface area contributed by atoms with Crippen molar-refractivity contribution < 1.29 is 9.59 Å². The molecule has 0 spiro atoms. The van der Waals surface area contributed by atoms with Crippen LogP contribution in [0, 0.1) is 6.92 Å². The van der Waals surface area contributed by atoms with E-state index in [2.05, 4.69) is 29.4 Å². The number of carbonyl (C=O) groups excluding carboxylic acids is 2. The number of aromatic nitrogens is 4. The van der Waals surface area contributed by atoms with E-state index in [1.165, 1.54) is 11.8 Å². The summed E-state index contributed by atoms with van der Waals surface area (Å²) < 4.78 is 3.88. The van der Waals surface area contributed by atoms with Gasteiger partial charge in [-0.1, -0.05) is 41.6 Å². The van der Waals surface area contributed by atoms with E-state index in [0.717, 1.165) is 41.5 Å². The molecule has 2 aromatic heterocycles. The van der Waals surface area contributed by atoms with Gasteiger partial charge in [0.15, 0.2) is 5.16 Å². The normalized spacial score (nSPS) is 18.3. The van der Waals surface area contributed by atoms with Gasteiger partial charge >= 0.3 is 0 Å². The minimum atomic E-state index is -0.109. The van der Waals surface area contributed by atoms with Crippen LogP contribution in [-0.2, 0) is 16.1 Å². The molecular formula is C26H30N6O2S. The Bertz CT molecular complexity index is 1370. The first-order valence-corrected chi connectivity index (χ1v) is 13.0. The molecule has 1 aliphatic rings. The molecule has 0 aliphatic carbocycles. The van der Waals surface area contributed by atoms with Crippen LogP contribution in [0.3, 0.4) is 0 Å². The van der Waals surface area contributed by atoms with Crippen molar-refractivity contribution >= 4 is 46.1 Å². The summed E-state index contributed by atoms with van der Waals surface area (Å²) in [6, 6.07) is 16.1. The number of imidazole rings is 1. The number of nitrogens with one attached hydrogen (secondary N) is 1. The van der Waals surface area contributed by atoms with Crippen molar-refractivity contribution in [1.82, 2.24) is 24.1 Å². The van der Waals surface area contributed by atoms with E-state index in [-0.39, 0.29) is 36.2 Å². The number of hydrogen-bond donors (Lipinski definition) is 1. The average Bonchev–Trinajstić information content (AvgIpc) is 3.38. The highest BCUT2D eigenvalue weighted by Gasteiger charge is 2.30. The maximum absolute atomic E-state index is 13.4. The van der Waals surface area contributed by atoms with Gasteiger partial charge in [-0.2, -0.15) is 0 Å². The molecule has 5 rings (SSSR count). The molecule has 0 bridgehead atoms. The van der Waals surface area contributed by atoms with Crippen LogP contribution >= 0.6 is 11.8 Å². The molecular weight excluding hydrogens is 460 g/mol. The maximum Gasteiger partial charge on any atom is 0.243 e. The van der Waals surface area contributed by atoms with Gasteiger partial charge in [0.25, 0.3) is 0 Å². The number of benzene rings is 2. The van der Waals surface area contributed by atoms with Crippen LogP contribution in [0.15, 0.2) is 53.7 Å². The van der Waals surface area contributed by atoms with Crippen molar-refractivity contribution in [3.63, 3.8) is 0 Å². The topological polar surface area (TPSA) is 84.5 Å². The van der Waals surface area contributed by atoms with E-state index in [9.17, 15) is 9.59 Å². The number of nitrogens with zero attached hydrogens (tertiary/aromatic N) is 5. The number of thioether (sulfide) groups is 1. The fourth-order valence-corrected chi connectivity index (χ4v) is 5.72. The molecule has 9 heteroatoms. The molecule has 1 aliphatic heterocycles. The Morgan fingerprint density at radius 3 is 2.40 bits per heavy atom. The second-order valence-corrected chi connectivity index (χ2v) is 10.3. The molecule has 1 saturated heterocycles. The molecule has 2 aromatic carbocycles. The lowest BCUT2D eigenvalue weighted by Crippen LogP contribution is -2.48. The summed E-state index contributed by atoms with van der Waals surface area (Å²) in [5, 5.41) is 12.3. The number of hydrogen-bond acceptors (Lipinski definition) is 5. The molecule has 2 atom stereocenters. The SMILES string of the molecule is Cc1ccc(NC(=O)CSc2nnc3n(CC(=O)N4C(C)CCCC4C)c4ccccc4n23)cc1. The maximum atomic E-state index is 13.4. The van der Waals surface area contributed by atoms with Crippen LogP contribution in [0.5, 0.6) is 0 Å². The second-order valence-electron chi connectivity index (χ2n) is 9.33. The van der Waals surface area contributed by atoms with E-state index in [0.29, 0.717) is 10.9 Å². The third kappa shape index (κ3) is 4.65. The molecule has 35 heavy (non-hydrogen) atoms. The third-order valence-corrected chi connectivity index (χ3v) is 7.64. The van der Waals surface area contributed by atoms with Crippen LogP contribution in [0.1, 0.15) is 38.7 Å². The molecule has 182 valence electrons. The smallest absolute Gasteiger partial charge is 0.243 e. The zero-order valence-corrected chi connectivity index (χ0v) is 21.1. The fraction of sp³-hybridized carbons (Fsp3) is 0.385. The molecule has 0 saturated carbocycles. The van der Waals surface area contributed by atoms with E-state index in [4.69, 9.17) is 0 Å². The number of fused-ring (bicyclic) bond motifs is 3. The first-order valence-electron chi connectivity index (χ1n) is 12.0. The molecule has 0 radical (unpaired) electrons. The van der Waals surface area contributed by atoms with E-state index in [1.807, 2.05) is 69.3 Å². The molecule has 1 fully saturated rings. The molecule has 1 N–H and O–H groups in total. The van der Waals surface area contributed by atoms with Crippen molar-refractivity contribution in [1.29, 1.82) is 0 Å². The fourth-order valence-electron chi connectivity index (χ4n) is 4.98. The Morgan fingerprint density at radius 1 is 1.00 bits per heavy atom. The van der Waals surface area contributed by atoms with Gasteiger partial charge in [-0.05, 0) is 64.3 Å². The van der Waals surface area contributed by atoms with E-state index < -0.39 is 0 Å². The predicted octanol–water partition coefficient (Wildman–Crippen LogP) is 4.51. The van der Waals surface area contributed by atoms with E-state index in [1.54, 1.807) is 0 Å². The quantitative estimate of drug-likeness (QED) is 0.402. The monoisotopic (exact) mass is 490 g/mol. The second kappa shape index (κ2) is 9.73. The summed E-state index contributed by atoms with van der Waals surface area (Å²) in [5.74, 6) is 0.805. The van der Waals surface area contributed by atoms with Crippen molar-refractivity contribution in [2.75, 3.05) is 11.1 Å². The summed E-state index contributed by atoms with van der Waals surface area (Å²) >= 11 is 1.33. The largest absolute Gasteiger partial charge is 0.336 e. The Balaban J connectivity index is 1.39. The van der Waals surface area contributed by atoms with Gasteiger partial charge in [0, 0.05) is 17.8 Å². The minimum Gasteiger partial charge on any atom is -0.336 e. The Labute approximate surface area is 208 Å². The Kier molecular flexibility index (Phi) is 6.51. The highest BCUT2D eigenvalue weighted by atomic mass is 32.2. The zero-order chi connectivity index (χ0) is 24.5. The number of amides is 2. The third-order valence-electron chi connectivity index (χ3n) is 6.71. The predicted molar refractivity (Wildman–Crippen MR) is 139 cm³/mol. The lowest BCUT2D eigenvalue weighted by atomic mass is 9.97. The van der Waals surface area contributed by atoms with Gasteiger partial charge < -0.3 is 10.2 Å². The van der Waals surface area contributed by atoms with Crippen LogP contribution < -0.4 is 5.32 Å². The number of aryl methyl sites for hydroxylation is 1. The first-order chi connectivity index (χ1) is 16.9. The van der Waals surface area contributed by atoms with Gasteiger partial charge in [0.2, 0.25) is 17.6 Å². The number of para-hydroxylation sites is 2. The van der Waals surface area contributed by atoms with Crippen molar-refractivity contribution in [2.24, 2.45) is 0 Å². The highest BCUT2D eigenvalue weighted by molar-refractivity contribution is 7.99. The van der Waals surface area contributed by atoms with Gasteiger partial charge in [0.1, 0.15) is 6.54 Å². The number of piperidine rings is 1. The lowest BCUT2D eigenvalue weighted by molar-refractivity contribution is -0.137. The first kappa shape index (κ1) is 23.4. The number of rotatable bonds is 6. The molecule has 8 nitrogen and oxygen atoms in total. The van der Waals surface area contributed by atoms with Crippen molar-refractivity contribution in [2.45, 2.75) is 63.8 Å². The highest BCUT2D eigenvalue weighted by Crippen LogP contribution is 2.28. The van der Waals surface area contributed by atoms with Gasteiger partial charge in [-0.3, -0.25) is 18.6 Å². The average molecular weight is 491 g/mol. The van der Waals surface area contributed by atoms with Crippen LogP contribution in [-0.4, -0.2) is 53.7 Å². The van der Waals surface area contributed by atoms with Crippen molar-refractivity contribution in [3.05, 3.63) is 54.1 Å². The summed E-state index contributed by atoms with van der Waals surface area (Å²) in [6.07, 6.45) is 3.23. The molecule has 2 unspecified atom stereocenters. The van der Waals surface area contributed by atoms with Crippen LogP contribution in [0.2, 0.25) is 0 Å². The Morgan fingerprint density at radius 2 is 1.69 bits per heavy atom. The number of anilines is 1. The Hall–Kier alpha value is -3.33.